The zero-order chi connectivity index (χ0) is 17.1. The minimum Gasteiger partial charge on any atom is -0.497 e. The van der Waals surface area contributed by atoms with Gasteiger partial charge in [0.1, 0.15) is 5.75 Å². The number of hydrogen-bond acceptors (Lipinski definition) is 4. The molecule has 0 radical (unpaired) electrons. The highest BCUT2D eigenvalue weighted by Crippen LogP contribution is 2.24. The Labute approximate surface area is 144 Å². The van der Waals surface area contributed by atoms with Crippen LogP contribution < -0.4 is 10.1 Å². The Balaban J connectivity index is 1.59. The van der Waals surface area contributed by atoms with Crippen molar-refractivity contribution in [2.24, 2.45) is 0 Å². The molecule has 2 N–H and O–H groups in total. The van der Waals surface area contributed by atoms with Gasteiger partial charge in [0.15, 0.2) is 0 Å². The summed E-state index contributed by atoms with van der Waals surface area (Å²) in [6, 6.07) is 5.88. The quantitative estimate of drug-likeness (QED) is 0.718. The fourth-order valence-corrected chi connectivity index (χ4v) is 2.85. The van der Waals surface area contributed by atoms with E-state index in [1.807, 2.05) is 24.4 Å². The van der Waals surface area contributed by atoms with Crippen LogP contribution in [0.4, 0.5) is 0 Å². The molecule has 2 heterocycles. The third-order valence-electron chi connectivity index (χ3n) is 3.97. The molecule has 1 aromatic carbocycles. The number of rotatable bonds is 6. The highest BCUT2D eigenvalue weighted by Gasteiger charge is 2.14. The summed E-state index contributed by atoms with van der Waals surface area (Å²) in [5, 5.41) is 7.90. The molecule has 0 saturated heterocycles. The van der Waals surface area contributed by atoms with Crippen LogP contribution in [-0.2, 0) is 17.6 Å². The standard InChI is InChI=1S/C17H18ClN3O3/c1-10-13(17(18)24-21-10)8-16(22)19-6-5-11-9-20-15-4-3-12(23-2)7-14(11)15/h3-4,7,9,20H,5-6,8H2,1-2H3,(H,19,22). The van der Waals surface area contributed by atoms with E-state index in [-0.39, 0.29) is 17.5 Å². The molecule has 24 heavy (non-hydrogen) atoms. The summed E-state index contributed by atoms with van der Waals surface area (Å²) in [5.74, 6) is 0.700. The van der Waals surface area contributed by atoms with Crippen LogP contribution in [0.1, 0.15) is 16.8 Å². The van der Waals surface area contributed by atoms with Crippen molar-refractivity contribution >= 4 is 28.4 Å². The van der Waals surface area contributed by atoms with Gasteiger partial charge in [-0.3, -0.25) is 4.79 Å². The summed E-state index contributed by atoms with van der Waals surface area (Å²) in [7, 11) is 1.64. The number of nitrogens with zero attached hydrogens (tertiary/aromatic N) is 1. The van der Waals surface area contributed by atoms with Crippen LogP contribution in [0.2, 0.25) is 5.22 Å². The number of aryl methyl sites for hydroxylation is 1. The first-order valence-corrected chi connectivity index (χ1v) is 7.97. The maximum atomic E-state index is 12.0. The molecule has 0 spiro atoms. The fraction of sp³-hybridized carbons (Fsp3) is 0.294. The molecule has 0 fully saturated rings. The predicted molar refractivity (Wildman–Crippen MR) is 91.5 cm³/mol. The summed E-state index contributed by atoms with van der Waals surface area (Å²) >= 11 is 5.87. The second-order valence-electron chi connectivity index (χ2n) is 5.52. The van der Waals surface area contributed by atoms with Gasteiger partial charge in [-0.15, -0.1) is 0 Å². The fourth-order valence-electron chi connectivity index (χ4n) is 2.61. The van der Waals surface area contributed by atoms with E-state index < -0.39 is 0 Å². The van der Waals surface area contributed by atoms with Gasteiger partial charge in [-0.2, -0.15) is 0 Å². The molecular formula is C17H18ClN3O3. The monoisotopic (exact) mass is 347 g/mol. The second-order valence-corrected chi connectivity index (χ2v) is 5.87. The van der Waals surface area contributed by atoms with Crippen LogP contribution in [0, 0.1) is 6.92 Å². The average molecular weight is 348 g/mol. The van der Waals surface area contributed by atoms with Crippen LogP contribution in [-0.4, -0.2) is 29.7 Å². The molecule has 7 heteroatoms. The molecule has 3 rings (SSSR count). The molecule has 0 atom stereocenters. The van der Waals surface area contributed by atoms with Gasteiger partial charge in [-0.1, -0.05) is 5.16 Å². The number of H-pyrrole nitrogens is 1. The van der Waals surface area contributed by atoms with Crippen LogP contribution in [0.3, 0.4) is 0 Å². The third kappa shape index (κ3) is 3.38. The van der Waals surface area contributed by atoms with Crippen LogP contribution >= 0.6 is 11.6 Å². The Bertz CT molecular complexity index is 850. The zero-order valence-corrected chi connectivity index (χ0v) is 14.2. The Hall–Kier alpha value is -2.47. The number of aromatic amines is 1. The SMILES string of the molecule is COc1ccc2[nH]cc(CCNC(=O)Cc3c(C)noc3Cl)c2c1. The third-order valence-corrected chi connectivity index (χ3v) is 4.26. The smallest absolute Gasteiger partial charge is 0.229 e. The molecule has 3 aromatic rings. The molecular weight excluding hydrogens is 330 g/mol. The van der Waals surface area contributed by atoms with Crippen molar-refractivity contribution in [1.82, 2.24) is 15.5 Å². The van der Waals surface area contributed by atoms with Gasteiger partial charge >= 0.3 is 0 Å². The number of halogens is 1. The number of methoxy groups -OCH3 is 1. The van der Waals surface area contributed by atoms with E-state index in [0.29, 0.717) is 17.8 Å². The molecule has 2 aromatic heterocycles. The van der Waals surface area contributed by atoms with Gasteiger partial charge < -0.3 is 19.6 Å². The Morgan fingerprint density at radius 2 is 2.29 bits per heavy atom. The number of carbonyl (C=O) groups is 1. The van der Waals surface area contributed by atoms with Gasteiger partial charge in [0.25, 0.3) is 0 Å². The lowest BCUT2D eigenvalue weighted by molar-refractivity contribution is -0.120. The van der Waals surface area contributed by atoms with E-state index in [1.54, 1.807) is 14.0 Å². The number of hydrogen-bond donors (Lipinski definition) is 2. The lowest BCUT2D eigenvalue weighted by Gasteiger charge is -2.05. The average Bonchev–Trinajstić information content (AvgIpc) is 3.12. The summed E-state index contributed by atoms with van der Waals surface area (Å²) in [6.45, 7) is 2.29. The largest absolute Gasteiger partial charge is 0.497 e. The van der Waals surface area contributed by atoms with E-state index in [0.717, 1.165) is 28.6 Å². The maximum absolute atomic E-state index is 12.0. The van der Waals surface area contributed by atoms with E-state index in [9.17, 15) is 4.79 Å². The van der Waals surface area contributed by atoms with Crippen molar-refractivity contribution in [3.05, 3.63) is 46.4 Å². The Morgan fingerprint density at radius 1 is 1.46 bits per heavy atom. The number of nitrogens with one attached hydrogen (secondary N) is 2. The van der Waals surface area contributed by atoms with Gasteiger partial charge in [-0.25, -0.2) is 0 Å². The number of ether oxygens (including phenoxy) is 1. The minimum atomic E-state index is -0.111. The first-order chi connectivity index (χ1) is 11.6. The number of benzene rings is 1. The first kappa shape index (κ1) is 16.4. The molecule has 0 saturated carbocycles. The summed E-state index contributed by atoms with van der Waals surface area (Å²) in [6.07, 6.45) is 2.84. The van der Waals surface area contributed by atoms with Crippen molar-refractivity contribution in [3.63, 3.8) is 0 Å². The second kappa shape index (κ2) is 6.97. The van der Waals surface area contributed by atoms with E-state index >= 15 is 0 Å². The van der Waals surface area contributed by atoms with Crippen LogP contribution in [0.5, 0.6) is 5.75 Å². The van der Waals surface area contributed by atoms with Gasteiger partial charge in [0.05, 0.1) is 19.2 Å². The van der Waals surface area contributed by atoms with Gasteiger partial charge in [0.2, 0.25) is 11.1 Å². The van der Waals surface area contributed by atoms with E-state index in [4.69, 9.17) is 20.9 Å². The van der Waals surface area contributed by atoms with E-state index in [1.165, 1.54) is 0 Å². The maximum Gasteiger partial charge on any atom is 0.229 e. The number of carbonyl (C=O) groups excluding carboxylic acids is 1. The highest BCUT2D eigenvalue weighted by molar-refractivity contribution is 6.29. The van der Waals surface area contributed by atoms with Gasteiger partial charge in [-0.05, 0) is 48.7 Å². The Morgan fingerprint density at radius 3 is 3.00 bits per heavy atom. The predicted octanol–water partition coefficient (Wildman–Crippen LogP) is 3.03. The number of fused-ring (bicyclic) bond motifs is 1. The molecule has 0 unspecified atom stereocenters. The van der Waals surface area contributed by atoms with Gasteiger partial charge in [0, 0.05) is 29.2 Å². The van der Waals surface area contributed by atoms with E-state index in [2.05, 4.69) is 15.5 Å². The number of amides is 1. The molecule has 6 nitrogen and oxygen atoms in total. The summed E-state index contributed by atoms with van der Waals surface area (Å²) in [5.41, 5.74) is 3.44. The van der Waals surface area contributed by atoms with Crippen molar-refractivity contribution in [1.29, 1.82) is 0 Å². The Kier molecular flexibility index (Phi) is 4.76. The van der Waals surface area contributed by atoms with Crippen LogP contribution in [0.15, 0.2) is 28.9 Å². The molecule has 0 aliphatic rings. The van der Waals surface area contributed by atoms with Crippen molar-refractivity contribution in [3.8, 4) is 5.75 Å². The number of aromatic nitrogens is 2. The van der Waals surface area contributed by atoms with Crippen molar-refractivity contribution < 1.29 is 14.1 Å². The lowest BCUT2D eigenvalue weighted by Crippen LogP contribution is -2.27. The summed E-state index contributed by atoms with van der Waals surface area (Å²) < 4.78 is 10.1. The summed E-state index contributed by atoms with van der Waals surface area (Å²) in [4.78, 5) is 15.3. The minimum absolute atomic E-state index is 0.111. The molecule has 1 amide bonds. The molecule has 0 bridgehead atoms. The molecule has 0 aliphatic carbocycles. The molecule has 0 aliphatic heterocycles. The lowest BCUT2D eigenvalue weighted by atomic mass is 10.1. The van der Waals surface area contributed by atoms with Crippen LogP contribution in [0.25, 0.3) is 10.9 Å². The zero-order valence-electron chi connectivity index (χ0n) is 13.5. The van der Waals surface area contributed by atoms with Crippen molar-refractivity contribution in [2.45, 2.75) is 19.8 Å². The van der Waals surface area contributed by atoms with Crippen molar-refractivity contribution in [2.75, 3.05) is 13.7 Å². The normalized spacial score (nSPS) is 11.0. The molecule has 126 valence electrons. The topological polar surface area (TPSA) is 80.1 Å². The first-order valence-electron chi connectivity index (χ1n) is 7.60. The highest BCUT2D eigenvalue weighted by atomic mass is 35.5.